The molecule has 0 aliphatic heterocycles. The van der Waals surface area contributed by atoms with E-state index in [-0.39, 0.29) is 25.7 Å². The fraction of sp³-hybridized carbons (Fsp3) is 0.701. The summed E-state index contributed by atoms with van der Waals surface area (Å²) in [6.07, 6.45) is 88.6. The SMILES string of the molecule is CC/C=C\C/C=C\C/C=C\C/C=C\C/C=C\C/C=C\CCC(=O)OCC(COP(=O)(O)OCC(O)COP(=O)(O)OCC(COC(=O)CCCCCC/C=C\C/C=C\C/C=C\C/C=C\CC)OC(=O)CCCCCCCCCCCCCCCCC)OC(=O)CCCCCCC/C=C\CCCCCCCC. The molecule has 0 rings (SSSR count). The molecule has 0 amide bonds. The molecule has 106 heavy (non-hydrogen) atoms. The summed E-state index contributed by atoms with van der Waals surface area (Å²) in [5.74, 6) is -2.30. The summed E-state index contributed by atoms with van der Waals surface area (Å²) in [5.41, 5.74) is 0. The van der Waals surface area contributed by atoms with Gasteiger partial charge in [0, 0.05) is 25.7 Å². The highest BCUT2D eigenvalue weighted by molar-refractivity contribution is 7.47. The number of unbranched alkanes of at least 4 members (excludes halogenated alkanes) is 29. The molecule has 5 unspecified atom stereocenters. The smallest absolute Gasteiger partial charge is 0.462 e. The molecule has 0 radical (unpaired) electrons. The van der Waals surface area contributed by atoms with Crippen LogP contribution in [-0.2, 0) is 65.4 Å². The molecule has 0 saturated carbocycles. The molecule has 19 heteroatoms. The highest BCUT2D eigenvalue weighted by atomic mass is 31.2. The van der Waals surface area contributed by atoms with Crippen molar-refractivity contribution in [2.24, 2.45) is 0 Å². The van der Waals surface area contributed by atoms with Crippen molar-refractivity contribution in [1.82, 2.24) is 0 Å². The fourth-order valence-electron chi connectivity index (χ4n) is 10.9. The zero-order valence-corrected chi connectivity index (χ0v) is 68.4. The van der Waals surface area contributed by atoms with Gasteiger partial charge in [0.2, 0.25) is 0 Å². The van der Waals surface area contributed by atoms with Gasteiger partial charge < -0.3 is 33.8 Å². The molecular weight excluding hydrogens is 1380 g/mol. The fourth-order valence-corrected chi connectivity index (χ4v) is 12.5. The molecule has 0 aliphatic carbocycles. The Morgan fingerprint density at radius 3 is 0.821 bits per heavy atom. The number of carbonyl (C=O) groups is 4. The molecule has 0 aliphatic rings. The van der Waals surface area contributed by atoms with Crippen LogP contribution in [0.25, 0.3) is 0 Å². The average Bonchev–Trinajstić information content (AvgIpc) is 0.909. The number of phosphoric ester groups is 2. The zero-order valence-electron chi connectivity index (χ0n) is 66.6. The summed E-state index contributed by atoms with van der Waals surface area (Å²) in [6, 6.07) is 0. The van der Waals surface area contributed by atoms with E-state index in [0.29, 0.717) is 32.1 Å². The number of rotatable bonds is 77. The maximum Gasteiger partial charge on any atom is 0.472 e. The molecule has 608 valence electrons. The van der Waals surface area contributed by atoms with Crippen molar-refractivity contribution >= 4 is 39.5 Å². The van der Waals surface area contributed by atoms with Crippen LogP contribution in [0, 0.1) is 0 Å². The summed E-state index contributed by atoms with van der Waals surface area (Å²) in [7, 11) is -9.99. The van der Waals surface area contributed by atoms with Gasteiger partial charge in [-0.3, -0.25) is 37.3 Å². The largest absolute Gasteiger partial charge is 0.472 e. The van der Waals surface area contributed by atoms with Crippen LogP contribution in [0.3, 0.4) is 0 Å². The van der Waals surface area contributed by atoms with Gasteiger partial charge >= 0.3 is 39.5 Å². The monoisotopic (exact) mass is 1530 g/mol. The standard InChI is InChI=1S/C87H148O17P2/c1-5-9-13-17-21-25-29-33-37-39-40-42-46-48-52-56-60-64-68-72-85(90)98-78-83(104-87(92)74-70-66-62-58-54-50-44-36-32-28-24-20-16-12-8-4)80-102-106(95,96)100-76-81(88)75-99-105(93,94)101-79-82(103-86(91)73-69-65-61-57-53-49-43-35-31-27-23-19-15-11-7-3)77-97-84(89)71-67-63-59-55-51-47-45-41-38-34-30-26-22-18-14-10-6-2/h9-10,13-14,21-22,25-26,33-34,36-38,40,42,44-45,47-48,52,60,64,81-83,88H,5-8,11-12,15-20,23-24,27-32,35,39,41,43,46,49-51,53-59,61-63,65-80H2,1-4H3,(H,93,94)(H,95,96)/b13-9-,14-10-,25-21-,26-22-,37-33-,38-34-,42-40-,44-36-,47-45-,52-48-,64-60-. The minimum Gasteiger partial charge on any atom is -0.462 e. The predicted molar refractivity (Wildman–Crippen MR) is 436 cm³/mol. The van der Waals surface area contributed by atoms with Crippen molar-refractivity contribution < 1.29 is 80.2 Å². The number of aliphatic hydroxyl groups excluding tert-OH is 1. The van der Waals surface area contributed by atoms with Crippen LogP contribution in [0.4, 0.5) is 0 Å². The minimum atomic E-state index is -5.00. The van der Waals surface area contributed by atoms with Gasteiger partial charge in [-0.25, -0.2) is 9.13 Å². The first-order valence-corrected chi connectivity index (χ1v) is 44.4. The molecule has 0 aromatic heterocycles. The number of carbonyl (C=O) groups excluding carboxylic acids is 4. The van der Waals surface area contributed by atoms with Gasteiger partial charge in [0.05, 0.1) is 26.4 Å². The third kappa shape index (κ3) is 77.4. The number of ether oxygens (including phenoxy) is 4. The van der Waals surface area contributed by atoms with Crippen molar-refractivity contribution in [3.8, 4) is 0 Å². The number of hydrogen-bond donors (Lipinski definition) is 3. The third-order valence-corrected chi connectivity index (χ3v) is 19.0. The average molecular weight is 1530 g/mol. The van der Waals surface area contributed by atoms with E-state index in [2.05, 4.69) is 143 Å². The zero-order chi connectivity index (χ0) is 77.4. The number of allylic oxidation sites excluding steroid dienone is 22. The molecule has 0 bridgehead atoms. The lowest BCUT2D eigenvalue weighted by molar-refractivity contribution is -0.161. The summed E-state index contributed by atoms with van der Waals surface area (Å²) >= 11 is 0. The quantitative estimate of drug-likeness (QED) is 0.0169. The summed E-state index contributed by atoms with van der Waals surface area (Å²) < 4.78 is 68.6. The molecule has 0 fully saturated rings. The van der Waals surface area contributed by atoms with E-state index < -0.39 is 97.5 Å². The Labute approximate surface area is 644 Å². The Balaban J connectivity index is 5.45. The van der Waals surface area contributed by atoms with Crippen LogP contribution in [0.1, 0.15) is 336 Å². The van der Waals surface area contributed by atoms with Gasteiger partial charge in [-0.1, -0.05) is 315 Å². The summed E-state index contributed by atoms with van der Waals surface area (Å²) in [4.78, 5) is 73.1. The Bertz CT molecular complexity index is 2530. The van der Waals surface area contributed by atoms with Crippen LogP contribution in [0.5, 0.6) is 0 Å². The second-order valence-electron chi connectivity index (χ2n) is 27.3. The van der Waals surface area contributed by atoms with Gasteiger partial charge in [0.1, 0.15) is 19.3 Å². The van der Waals surface area contributed by atoms with Crippen LogP contribution in [-0.4, -0.2) is 96.7 Å². The lowest BCUT2D eigenvalue weighted by atomic mass is 10.0. The van der Waals surface area contributed by atoms with Gasteiger partial charge in [0.25, 0.3) is 0 Å². The molecule has 0 spiro atoms. The molecular formula is C87H148O17P2. The molecule has 0 heterocycles. The summed E-state index contributed by atoms with van der Waals surface area (Å²) in [5, 5.41) is 10.7. The lowest BCUT2D eigenvalue weighted by Gasteiger charge is -2.21. The molecule has 5 atom stereocenters. The normalized spacial score (nSPS) is 14.5. The number of hydrogen-bond acceptors (Lipinski definition) is 15. The van der Waals surface area contributed by atoms with Crippen molar-refractivity contribution in [3.63, 3.8) is 0 Å². The van der Waals surface area contributed by atoms with Crippen LogP contribution < -0.4 is 0 Å². The van der Waals surface area contributed by atoms with Gasteiger partial charge in [-0.15, -0.1) is 0 Å². The van der Waals surface area contributed by atoms with Crippen molar-refractivity contribution in [1.29, 1.82) is 0 Å². The Morgan fingerprint density at radius 2 is 0.509 bits per heavy atom. The highest BCUT2D eigenvalue weighted by Crippen LogP contribution is 2.45. The molecule has 0 aromatic rings. The van der Waals surface area contributed by atoms with Gasteiger partial charge in [-0.2, -0.15) is 0 Å². The van der Waals surface area contributed by atoms with Crippen molar-refractivity contribution in [3.05, 3.63) is 134 Å². The van der Waals surface area contributed by atoms with Crippen LogP contribution in [0.2, 0.25) is 0 Å². The van der Waals surface area contributed by atoms with E-state index in [9.17, 15) is 43.2 Å². The van der Waals surface area contributed by atoms with Crippen molar-refractivity contribution in [2.75, 3.05) is 39.6 Å². The Kier molecular flexibility index (Phi) is 74.8. The first-order chi connectivity index (χ1) is 51.7. The predicted octanol–water partition coefficient (Wildman–Crippen LogP) is 24.4. The molecule has 0 aromatic carbocycles. The van der Waals surface area contributed by atoms with E-state index in [1.54, 1.807) is 0 Å². The maximum absolute atomic E-state index is 13.1. The van der Waals surface area contributed by atoms with Crippen LogP contribution >= 0.6 is 15.6 Å². The Morgan fingerprint density at radius 1 is 0.274 bits per heavy atom. The van der Waals surface area contributed by atoms with E-state index in [1.807, 2.05) is 18.2 Å². The van der Waals surface area contributed by atoms with E-state index in [4.69, 9.17) is 37.0 Å². The second-order valence-corrected chi connectivity index (χ2v) is 30.2. The third-order valence-electron chi connectivity index (χ3n) is 17.1. The highest BCUT2D eigenvalue weighted by Gasteiger charge is 2.30. The first-order valence-electron chi connectivity index (χ1n) is 41.4. The molecule has 0 saturated heterocycles. The number of esters is 4. The van der Waals surface area contributed by atoms with Gasteiger partial charge in [-0.05, 0) is 128 Å². The van der Waals surface area contributed by atoms with E-state index in [0.717, 1.165) is 148 Å². The van der Waals surface area contributed by atoms with Gasteiger partial charge in [0.15, 0.2) is 12.2 Å². The van der Waals surface area contributed by atoms with E-state index in [1.165, 1.54) is 103 Å². The maximum atomic E-state index is 13.1. The summed E-state index contributed by atoms with van der Waals surface area (Å²) in [6.45, 7) is 4.56. The Hall–Kier alpha value is -4.80. The number of aliphatic hydroxyl groups is 1. The second kappa shape index (κ2) is 78.3. The first kappa shape index (κ1) is 101. The lowest BCUT2D eigenvalue weighted by Crippen LogP contribution is -2.30. The van der Waals surface area contributed by atoms with Crippen molar-refractivity contribution in [2.45, 2.75) is 354 Å². The topological polar surface area (TPSA) is 237 Å². The molecule has 3 N–H and O–H groups in total. The number of phosphoric acid groups is 2. The minimum absolute atomic E-state index is 0.0324. The van der Waals surface area contributed by atoms with Crippen LogP contribution in [0.15, 0.2) is 134 Å². The molecule has 17 nitrogen and oxygen atoms in total. The van der Waals surface area contributed by atoms with E-state index >= 15 is 0 Å².